The molecule has 0 fully saturated rings. The molecule has 0 aliphatic carbocycles. The molecule has 0 unspecified atom stereocenters. The van der Waals surface area contributed by atoms with Crippen LogP contribution in [0.2, 0.25) is 0 Å². The number of fused-ring (bicyclic) bond motifs is 3. The first-order valence-corrected chi connectivity index (χ1v) is 10.8. The Hall–Kier alpha value is -3.69. The van der Waals surface area contributed by atoms with Gasteiger partial charge in [-0.2, -0.15) is 0 Å². The number of aliphatic imine (C=N–C) groups is 1. The molecule has 5 rings (SSSR count). The Morgan fingerprint density at radius 3 is 1.62 bits per heavy atom. The second-order valence-corrected chi connectivity index (χ2v) is 8.01. The minimum atomic E-state index is -0.408. The van der Waals surface area contributed by atoms with E-state index in [0.717, 1.165) is 22.2 Å². The number of hydrogen-bond donors (Lipinski definition) is 0. The zero-order valence-electron chi connectivity index (χ0n) is 19.2. The topological polar surface area (TPSA) is 71.4 Å². The third-order valence-electron chi connectivity index (χ3n) is 5.49. The molecule has 34 heavy (non-hydrogen) atoms. The normalized spacial score (nSPS) is 10.7. The molecule has 0 radical (unpaired) electrons. The summed E-state index contributed by atoms with van der Waals surface area (Å²) >= 11 is 0. The first-order chi connectivity index (χ1) is 16.0. The van der Waals surface area contributed by atoms with Gasteiger partial charge in [0.2, 0.25) is 0 Å². The van der Waals surface area contributed by atoms with Crippen LogP contribution in [0.1, 0.15) is 22.4 Å². The number of nitrogens with zero attached hydrogens (tertiary/aromatic N) is 2. The first kappa shape index (κ1) is 24.9. The van der Waals surface area contributed by atoms with E-state index in [2.05, 4.69) is 42.9 Å². The second-order valence-electron chi connectivity index (χ2n) is 8.01. The standard InChI is InChI=1S/C15H16N2.C14H10O2.Ni/c1-11-8-12(2)15(13(3)9-11)17-10-14-6-4-5-7-16-14;15-13-11-7-3-1-5-9(11)10-6-2-4-8-12(10)14(13)16;/h4-10H,1-3H3;1-8,15-16H;/q;;+2/p-2. The van der Waals surface area contributed by atoms with E-state index in [4.69, 9.17) is 0 Å². The number of hydrogen-bond acceptors (Lipinski definition) is 4. The largest absolute Gasteiger partial charge is 2.00 e. The number of rotatable bonds is 2. The zero-order chi connectivity index (χ0) is 23.4. The smallest absolute Gasteiger partial charge is 0.872 e. The zero-order valence-corrected chi connectivity index (χ0v) is 20.2. The molecule has 0 atom stereocenters. The van der Waals surface area contributed by atoms with Gasteiger partial charge in [-0.3, -0.25) is 9.98 Å². The van der Waals surface area contributed by atoms with Gasteiger partial charge in [0.05, 0.1) is 17.6 Å². The van der Waals surface area contributed by atoms with Crippen molar-refractivity contribution in [3.63, 3.8) is 0 Å². The minimum Gasteiger partial charge on any atom is -0.872 e. The summed E-state index contributed by atoms with van der Waals surface area (Å²) in [7, 11) is 0. The molecule has 0 spiro atoms. The molecule has 0 aliphatic rings. The fourth-order valence-corrected chi connectivity index (χ4v) is 4.04. The minimum absolute atomic E-state index is 0. The predicted octanol–water partition coefficient (Wildman–Crippen LogP) is 5.90. The second kappa shape index (κ2) is 11.0. The van der Waals surface area contributed by atoms with Crippen molar-refractivity contribution in [1.29, 1.82) is 0 Å². The Morgan fingerprint density at radius 1 is 0.676 bits per heavy atom. The van der Waals surface area contributed by atoms with Crippen LogP contribution in [0, 0.1) is 20.8 Å². The summed E-state index contributed by atoms with van der Waals surface area (Å²) in [5, 5.41) is 26.4. The molecule has 4 aromatic carbocycles. The van der Waals surface area contributed by atoms with Gasteiger partial charge in [0.1, 0.15) is 0 Å². The Bertz CT molecular complexity index is 1380. The average Bonchev–Trinajstić information content (AvgIpc) is 2.83. The number of aryl methyl sites for hydroxylation is 3. The van der Waals surface area contributed by atoms with Crippen molar-refractivity contribution in [2.24, 2.45) is 4.99 Å². The van der Waals surface area contributed by atoms with Gasteiger partial charge in [-0.25, -0.2) is 0 Å². The summed E-state index contributed by atoms with van der Waals surface area (Å²) in [4.78, 5) is 8.75. The van der Waals surface area contributed by atoms with Crippen LogP contribution in [0.15, 0.2) is 90.1 Å². The van der Waals surface area contributed by atoms with E-state index in [-0.39, 0.29) is 16.5 Å². The monoisotopic (exact) mass is 490 g/mol. The third kappa shape index (κ3) is 5.27. The van der Waals surface area contributed by atoms with Crippen LogP contribution in [0.3, 0.4) is 0 Å². The van der Waals surface area contributed by atoms with Crippen LogP contribution in [0.5, 0.6) is 11.5 Å². The predicted molar refractivity (Wildman–Crippen MR) is 132 cm³/mol. The van der Waals surface area contributed by atoms with Crippen molar-refractivity contribution in [1.82, 2.24) is 4.98 Å². The van der Waals surface area contributed by atoms with E-state index in [1.165, 1.54) is 16.7 Å². The van der Waals surface area contributed by atoms with Crippen LogP contribution >= 0.6 is 0 Å². The fourth-order valence-electron chi connectivity index (χ4n) is 4.04. The van der Waals surface area contributed by atoms with Crippen LogP contribution in [-0.4, -0.2) is 11.2 Å². The van der Waals surface area contributed by atoms with Crippen molar-refractivity contribution in [2.45, 2.75) is 20.8 Å². The van der Waals surface area contributed by atoms with Crippen molar-refractivity contribution >= 4 is 33.4 Å². The van der Waals surface area contributed by atoms with E-state index in [9.17, 15) is 10.2 Å². The summed E-state index contributed by atoms with van der Waals surface area (Å²) in [6.07, 6.45) is 3.58. The summed E-state index contributed by atoms with van der Waals surface area (Å²) in [6.45, 7) is 6.28. The average molecular weight is 491 g/mol. The molecule has 172 valence electrons. The van der Waals surface area contributed by atoms with E-state index in [0.29, 0.717) is 10.8 Å². The molecular weight excluding hydrogens is 467 g/mol. The van der Waals surface area contributed by atoms with Crippen LogP contribution in [0.25, 0.3) is 21.5 Å². The van der Waals surface area contributed by atoms with Gasteiger partial charge in [0.25, 0.3) is 0 Å². The van der Waals surface area contributed by atoms with Gasteiger partial charge in [0, 0.05) is 6.20 Å². The van der Waals surface area contributed by atoms with Gasteiger partial charge < -0.3 is 10.2 Å². The third-order valence-corrected chi connectivity index (χ3v) is 5.49. The maximum Gasteiger partial charge on any atom is 2.00 e. The van der Waals surface area contributed by atoms with Gasteiger partial charge >= 0.3 is 16.5 Å². The SMILES string of the molecule is Cc1cc(C)c(N=Cc2ccccn2)c(C)c1.[Ni+2].[O-]c1c([O-])c2ccccc2c2ccccc12. The van der Waals surface area contributed by atoms with E-state index in [1.54, 1.807) is 30.5 Å². The Labute approximate surface area is 209 Å². The first-order valence-electron chi connectivity index (χ1n) is 10.8. The van der Waals surface area contributed by atoms with E-state index < -0.39 is 11.5 Å². The number of benzene rings is 4. The molecular formula is C29H24N2NiO2. The maximum absolute atomic E-state index is 11.8. The van der Waals surface area contributed by atoms with Crippen LogP contribution < -0.4 is 10.2 Å². The van der Waals surface area contributed by atoms with Crippen molar-refractivity contribution < 1.29 is 26.7 Å². The summed E-state index contributed by atoms with van der Waals surface area (Å²) in [6, 6.07) is 24.6. The fraction of sp³-hybridized carbons (Fsp3) is 0.103. The Balaban J connectivity index is 0.000000185. The molecule has 0 N–H and O–H groups in total. The van der Waals surface area contributed by atoms with Crippen LogP contribution in [0.4, 0.5) is 5.69 Å². The Kier molecular flexibility index (Phi) is 8.04. The van der Waals surface area contributed by atoms with Gasteiger partial charge in [-0.1, -0.05) is 72.3 Å². The molecule has 0 saturated carbocycles. The van der Waals surface area contributed by atoms with Crippen molar-refractivity contribution in [2.75, 3.05) is 0 Å². The number of pyridine rings is 1. The van der Waals surface area contributed by atoms with E-state index in [1.807, 2.05) is 48.7 Å². The molecule has 0 bridgehead atoms. The van der Waals surface area contributed by atoms with Crippen LogP contribution in [-0.2, 0) is 16.5 Å². The molecule has 0 aliphatic heterocycles. The summed E-state index contributed by atoms with van der Waals surface area (Å²) in [5.41, 5.74) is 5.61. The summed E-state index contributed by atoms with van der Waals surface area (Å²) in [5.74, 6) is -0.816. The van der Waals surface area contributed by atoms with E-state index >= 15 is 0 Å². The summed E-state index contributed by atoms with van der Waals surface area (Å²) < 4.78 is 0. The molecule has 0 amide bonds. The quantitative estimate of drug-likeness (QED) is 0.176. The number of aromatic nitrogens is 1. The Morgan fingerprint density at radius 2 is 1.15 bits per heavy atom. The van der Waals surface area contributed by atoms with Crippen molar-refractivity contribution in [3.05, 3.63) is 107 Å². The molecule has 5 heteroatoms. The van der Waals surface area contributed by atoms with Gasteiger partial charge in [-0.15, -0.1) is 11.5 Å². The molecule has 1 heterocycles. The molecule has 1 aromatic heterocycles. The molecule has 5 aromatic rings. The maximum atomic E-state index is 11.8. The molecule has 0 saturated heterocycles. The van der Waals surface area contributed by atoms with Gasteiger partial charge in [-0.05, 0) is 65.6 Å². The van der Waals surface area contributed by atoms with Crippen molar-refractivity contribution in [3.8, 4) is 11.5 Å². The van der Waals surface area contributed by atoms with Gasteiger partial charge in [0.15, 0.2) is 0 Å². The molecule has 4 nitrogen and oxygen atoms in total.